The summed E-state index contributed by atoms with van der Waals surface area (Å²) in [5, 5.41) is 3.39. The molecule has 0 spiro atoms. The molecule has 1 N–H and O–H groups in total. The third-order valence-electron chi connectivity index (χ3n) is 4.35. The molecule has 1 unspecified atom stereocenters. The number of hydrogen-bond acceptors (Lipinski definition) is 1. The Morgan fingerprint density at radius 3 is 2.19 bits per heavy atom. The van der Waals surface area contributed by atoms with Gasteiger partial charge in [0.2, 0.25) is 0 Å². The lowest BCUT2D eigenvalue weighted by Crippen LogP contribution is -2.15. The molecular formula is C20H27N. The molecule has 2 aromatic carbocycles. The molecule has 0 aliphatic rings. The average molecular weight is 281 g/mol. The molecule has 0 saturated carbocycles. The van der Waals surface area contributed by atoms with Gasteiger partial charge in [0, 0.05) is 6.04 Å². The third-order valence-corrected chi connectivity index (χ3v) is 4.35. The molecular weight excluding hydrogens is 254 g/mol. The van der Waals surface area contributed by atoms with Crippen LogP contribution in [0, 0.1) is 0 Å². The summed E-state index contributed by atoms with van der Waals surface area (Å²) in [6.45, 7) is 6.69. The first-order valence-corrected chi connectivity index (χ1v) is 8.12. The Morgan fingerprint density at radius 1 is 0.857 bits per heavy atom. The summed E-state index contributed by atoms with van der Waals surface area (Å²) in [6.07, 6.45) is 3.32. The predicted molar refractivity (Wildman–Crippen MR) is 92.7 cm³/mol. The van der Waals surface area contributed by atoms with Gasteiger partial charge in [-0.1, -0.05) is 57.2 Å². The highest BCUT2D eigenvalue weighted by Gasteiger charge is 2.08. The van der Waals surface area contributed by atoms with E-state index < -0.39 is 0 Å². The monoisotopic (exact) mass is 281 g/mol. The Hall–Kier alpha value is -1.60. The van der Waals surface area contributed by atoms with Crippen molar-refractivity contribution in [2.45, 2.75) is 46.1 Å². The lowest BCUT2D eigenvalue weighted by Gasteiger charge is -2.16. The molecule has 2 aromatic rings. The van der Waals surface area contributed by atoms with Crippen LogP contribution in [0.5, 0.6) is 0 Å². The van der Waals surface area contributed by atoms with Crippen LogP contribution in [0.25, 0.3) is 11.1 Å². The molecule has 0 aliphatic heterocycles. The second kappa shape index (κ2) is 7.42. The summed E-state index contributed by atoms with van der Waals surface area (Å²) in [5.74, 6) is 0. The van der Waals surface area contributed by atoms with Crippen LogP contribution in [0.1, 0.15) is 49.9 Å². The van der Waals surface area contributed by atoms with Crippen molar-refractivity contribution in [2.24, 2.45) is 0 Å². The summed E-state index contributed by atoms with van der Waals surface area (Å²) in [5.41, 5.74) is 6.96. The molecule has 1 atom stereocenters. The van der Waals surface area contributed by atoms with Gasteiger partial charge in [0.15, 0.2) is 0 Å². The lowest BCUT2D eigenvalue weighted by molar-refractivity contribution is 0.577. The molecule has 0 radical (unpaired) electrons. The maximum atomic E-state index is 3.39. The Bertz CT molecular complexity index is 582. The fraction of sp³-hybridized carbons (Fsp3) is 0.400. The Labute approximate surface area is 129 Å². The van der Waals surface area contributed by atoms with Crippen molar-refractivity contribution in [1.29, 1.82) is 0 Å². The minimum Gasteiger partial charge on any atom is -0.313 e. The minimum absolute atomic E-state index is 0.436. The highest BCUT2D eigenvalue weighted by molar-refractivity contribution is 5.66. The Balaban J connectivity index is 2.40. The first-order valence-electron chi connectivity index (χ1n) is 8.12. The second-order valence-corrected chi connectivity index (χ2v) is 5.57. The molecule has 0 bridgehead atoms. The van der Waals surface area contributed by atoms with Gasteiger partial charge in [-0.05, 0) is 60.2 Å². The molecule has 1 heteroatoms. The minimum atomic E-state index is 0.436. The first-order chi connectivity index (χ1) is 10.2. The molecule has 0 saturated heterocycles. The van der Waals surface area contributed by atoms with Crippen LogP contribution in [-0.4, -0.2) is 7.05 Å². The molecule has 0 aromatic heterocycles. The number of benzene rings is 2. The molecule has 112 valence electrons. The molecule has 0 aliphatic carbocycles. The summed E-state index contributed by atoms with van der Waals surface area (Å²) >= 11 is 0. The first kappa shape index (κ1) is 15.8. The maximum absolute atomic E-state index is 3.39. The maximum Gasteiger partial charge on any atom is 0.0315 e. The van der Waals surface area contributed by atoms with Gasteiger partial charge >= 0.3 is 0 Å². The number of hydrogen-bond donors (Lipinski definition) is 1. The highest BCUT2D eigenvalue weighted by Crippen LogP contribution is 2.26. The largest absolute Gasteiger partial charge is 0.313 e. The van der Waals surface area contributed by atoms with Crippen molar-refractivity contribution >= 4 is 0 Å². The van der Waals surface area contributed by atoms with E-state index in [2.05, 4.69) is 68.6 Å². The van der Waals surface area contributed by atoms with Gasteiger partial charge in [0.05, 0.1) is 0 Å². The van der Waals surface area contributed by atoms with Gasteiger partial charge in [-0.25, -0.2) is 0 Å². The van der Waals surface area contributed by atoms with E-state index >= 15 is 0 Å². The Kier molecular flexibility index (Phi) is 5.58. The fourth-order valence-electron chi connectivity index (χ4n) is 3.02. The van der Waals surface area contributed by atoms with E-state index in [1.807, 2.05) is 7.05 Å². The van der Waals surface area contributed by atoms with Gasteiger partial charge in [0.1, 0.15) is 0 Å². The molecule has 2 rings (SSSR count). The normalized spacial score (nSPS) is 12.4. The predicted octanol–water partition coefficient (Wildman–Crippen LogP) is 5.15. The average Bonchev–Trinajstić information content (AvgIpc) is 2.55. The zero-order valence-corrected chi connectivity index (χ0v) is 13.7. The molecule has 1 nitrogen and oxygen atoms in total. The van der Waals surface area contributed by atoms with Crippen LogP contribution in [0.15, 0.2) is 42.5 Å². The molecule has 0 amide bonds. The van der Waals surface area contributed by atoms with E-state index in [0.717, 1.165) is 19.3 Å². The zero-order valence-electron chi connectivity index (χ0n) is 13.7. The standard InChI is InChI=1S/C20H27N/c1-5-15-11-12-18(13-16(15)6-2)17-9-8-10-19(14-17)20(7-3)21-4/h8-14,20-21H,5-7H2,1-4H3. The summed E-state index contributed by atoms with van der Waals surface area (Å²) < 4.78 is 0. The van der Waals surface area contributed by atoms with Crippen LogP contribution in [-0.2, 0) is 12.8 Å². The van der Waals surface area contributed by atoms with Crippen molar-refractivity contribution in [2.75, 3.05) is 7.05 Å². The zero-order chi connectivity index (χ0) is 15.2. The highest BCUT2D eigenvalue weighted by atomic mass is 14.9. The van der Waals surface area contributed by atoms with E-state index in [4.69, 9.17) is 0 Å². The summed E-state index contributed by atoms with van der Waals surface area (Å²) in [4.78, 5) is 0. The topological polar surface area (TPSA) is 12.0 Å². The smallest absolute Gasteiger partial charge is 0.0315 e. The summed E-state index contributed by atoms with van der Waals surface area (Å²) in [7, 11) is 2.03. The molecule has 21 heavy (non-hydrogen) atoms. The van der Waals surface area contributed by atoms with Crippen molar-refractivity contribution in [3.8, 4) is 11.1 Å². The van der Waals surface area contributed by atoms with Crippen LogP contribution >= 0.6 is 0 Å². The van der Waals surface area contributed by atoms with Gasteiger partial charge in [-0.2, -0.15) is 0 Å². The van der Waals surface area contributed by atoms with Crippen LogP contribution < -0.4 is 5.32 Å². The number of aryl methyl sites for hydroxylation is 2. The number of nitrogens with one attached hydrogen (secondary N) is 1. The van der Waals surface area contributed by atoms with Crippen molar-refractivity contribution in [3.63, 3.8) is 0 Å². The number of rotatable bonds is 6. The van der Waals surface area contributed by atoms with Crippen LogP contribution in [0.4, 0.5) is 0 Å². The van der Waals surface area contributed by atoms with E-state index in [-0.39, 0.29) is 0 Å². The van der Waals surface area contributed by atoms with E-state index in [1.165, 1.54) is 27.8 Å². The van der Waals surface area contributed by atoms with Crippen molar-refractivity contribution < 1.29 is 0 Å². The van der Waals surface area contributed by atoms with E-state index in [1.54, 1.807) is 0 Å². The lowest BCUT2D eigenvalue weighted by atomic mass is 9.94. The van der Waals surface area contributed by atoms with Gasteiger partial charge in [0.25, 0.3) is 0 Å². The van der Waals surface area contributed by atoms with E-state index in [9.17, 15) is 0 Å². The SMILES string of the molecule is CCc1ccc(-c2cccc(C(CC)NC)c2)cc1CC. The van der Waals surface area contributed by atoms with Crippen molar-refractivity contribution in [1.82, 2.24) is 5.32 Å². The van der Waals surface area contributed by atoms with E-state index in [0.29, 0.717) is 6.04 Å². The Morgan fingerprint density at radius 2 is 1.57 bits per heavy atom. The third kappa shape index (κ3) is 3.54. The van der Waals surface area contributed by atoms with Crippen molar-refractivity contribution in [3.05, 3.63) is 59.2 Å². The van der Waals surface area contributed by atoms with Gasteiger partial charge in [-0.15, -0.1) is 0 Å². The fourth-order valence-corrected chi connectivity index (χ4v) is 3.02. The second-order valence-electron chi connectivity index (χ2n) is 5.57. The molecule has 0 heterocycles. The van der Waals surface area contributed by atoms with Gasteiger partial charge < -0.3 is 5.32 Å². The van der Waals surface area contributed by atoms with Crippen LogP contribution in [0.3, 0.4) is 0 Å². The molecule has 0 fully saturated rings. The quantitative estimate of drug-likeness (QED) is 0.772. The van der Waals surface area contributed by atoms with Gasteiger partial charge in [-0.3, -0.25) is 0 Å². The van der Waals surface area contributed by atoms with Crippen LogP contribution in [0.2, 0.25) is 0 Å². The summed E-state index contributed by atoms with van der Waals surface area (Å²) in [6, 6.07) is 16.3.